The van der Waals surface area contributed by atoms with Crippen molar-refractivity contribution in [2.24, 2.45) is 5.73 Å². The Balaban J connectivity index is 2.95. The molecule has 0 aliphatic carbocycles. The monoisotopic (exact) mass is 237 g/mol. The normalized spacial score (nSPS) is 28.9. The SMILES string of the molecule is CC1OCCC1S(=O)(=O)C(CN)C(=O)O. The smallest absolute Gasteiger partial charge is 0.323 e. The van der Waals surface area contributed by atoms with E-state index in [0.717, 1.165) is 0 Å². The molecule has 7 heteroatoms. The van der Waals surface area contributed by atoms with E-state index in [1.807, 2.05) is 0 Å². The number of hydrogen-bond acceptors (Lipinski definition) is 5. The molecule has 0 aromatic heterocycles. The van der Waals surface area contributed by atoms with Crippen molar-refractivity contribution >= 4 is 15.8 Å². The Labute approximate surface area is 88.3 Å². The number of rotatable bonds is 4. The molecule has 0 radical (unpaired) electrons. The summed E-state index contributed by atoms with van der Waals surface area (Å²) in [5, 5.41) is 6.49. The molecule has 6 nitrogen and oxygen atoms in total. The molecule has 3 unspecified atom stereocenters. The van der Waals surface area contributed by atoms with Gasteiger partial charge in [0.1, 0.15) is 0 Å². The number of carboxylic acids is 1. The lowest BCUT2D eigenvalue weighted by Gasteiger charge is -2.19. The van der Waals surface area contributed by atoms with Crippen molar-refractivity contribution < 1.29 is 23.1 Å². The quantitative estimate of drug-likeness (QED) is 0.649. The van der Waals surface area contributed by atoms with E-state index >= 15 is 0 Å². The van der Waals surface area contributed by atoms with E-state index < -0.39 is 39.0 Å². The van der Waals surface area contributed by atoms with Crippen LogP contribution in [0.25, 0.3) is 0 Å². The Hall–Kier alpha value is -0.660. The van der Waals surface area contributed by atoms with Crippen molar-refractivity contribution in [3.05, 3.63) is 0 Å². The first-order valence-corrected chi connectivity index (χ1v) is 6.29. The van der Waals surface area contributed by atoms with Crippen LogP contribution in [0.2, 0.25) is 0 Å². The second kappa shape index (κ2) is 4.46. The second-order valence-electron chi connectivity index (χ2n) is 3.55. The molecule has 3 atom stereocenters. The van der Waals surface area contributed by atoms with E-state index in [2.05, 4.69) is 0 Å². The van der Waals surface area contributed by atoms with Crippen LogP contribution in [0.5, 0.6) is 0 Å². The molecule has 0 saturated carbocycles. The predicted octanol–water partition coefficient (Wildman–Crippen LogP) is -1.01. The highest BCUT2D eigenvalue weighted by atomic mass is 32.2. The average Bonchev–Trinajstić information content (AvgIpc) is 2.51. The molecule has 0 spiro atoms. The molecule has 1 rings (SSSR count). The fourth-order valence-electron chi connectivity index (χ4n) is 1.73. The van der Waals surface area contributed by atoms with E-state index in [-0.39, 0.29) is 0 Å². The summed E-state index contributed by atoms with van der Waals surface area (Å²) in [6.45, 7) is 1.58. The van der Waals surface area contributed by atoms with E-state index in [1.54, 1.807) is 6.92 Å². The lowest BCUT2D eigenvalue weighted by atomic mass is 10.3. The zero-order chi connectivity index (χ0) is 11.6. The molecule has 0 amide bonds. The van der Waals surface area contributed by atoms with Crippen molar-refractivity contribution in [1.29, 1.82) is 0 Å². The summed E-state index contributed by atoms with van der Waals surface area (Å²) < 4.78 is 28.9. The van der Waals surface area contributed by atoms with Gasteiger partial charge in [-0.1, -0.05) is 0 Å². The summed E-state index contributed by atoms with van der Waals surface area (Å²) in [4.78, 5) is 10.7. The van der Waals surface area contributed by atoms with Crippen molar-refractivity contribution in [3.8, 4) is 0 Å². The molecule has 0 aromatic carbocycles. The van der Waals surface area contributed by atoms with Crippen LogP contribution in [0, 0.1) is 0 Å². The molecule has 3 N–H and O–H groups in total. The Kier molecular flexibility index (Phi) is 3.69. The highest BCUT2D eigenvalue weighted by Gasteiger charge is 2.43. The molecule has 1 fully saturated rings. The van der Waals surface area contributed by atoms with Gasteiger partial charge in [0, 0.05) is 13.2 Å². The van der Waals surface area contributed by atoms with Gasteiger partial charge in [-0.2, -0.15) is 0 Å². The lowest BCUT2D eigenvalue weighted by molar-refractivity contribution is -0.136. The standard InChI is InChI=1S/C8H15NO5S/c1-5-6(2-3-14-5)15(12,13)7(4-9)8(10)11/h5-7H,2-4,9H2,1H3,(H,10,11). The maximum absolute atomic E-state index is 11.9. The number of sulfone groups is 1. The number of hydrogen-bond donors (Lipinski definition) is 2. The second-order valence-corrected chi connectivity index (χ2v) is 5.91. The fourth-order valence-corrected chi connectivity index (χ4v) is 3.74. The summed E-state index contributed by atoms with van der Waals surface area (Å²) in [6, 6.07) is 0. The Bertz CT molecular complexity index is 339. The van der Waals surface area contributed by atoms with Gasteiger partial charge in [0.15, 0.2) is 15.1 Å². The fraction of sp³-hybridized carbons (Fsp3) is 0.875. The first kappa shape index (κ1) is 12.4. The number of nitrogens with two attached hydrogens (primary N) is 1. The third-order valence-corrected chi connectivity index (χ3v) is 5.26. The van der Waals surface area contributed by atoms with Gasteiger partial charge in [-0.3, -0.25) is 4.79 Å². The van der Waals surface area contributed by atoms with E-state index in [1.165, 1.54) is 0 Å². The van der Waals surface area contributed by atoms with Gasteiger partial charge >= 0.3 is 5.97 Å². The van der Waals surface area contributed by atoms with Gasteiger partial charge in [-0.25, -0.2) is 8.42 Å². The highest BCUT2D eigenvalue weighted by Crippen LogP contribution is 2.24. The minimum Gasteiger partial charge on any atom is -0.480 e. The largest absolute Gasteiger partial charge is 0.480 e. The minimum absolute atomic E-state index is 0.341. The van der Waals surface area contributed by atoms with Crippen LogP contribution in [0.15, 0.2) is 0 Å². The number of aliphatic carboxylic acids is 1. The zero-order valence-electron chi connectivity index (χ0n) is 8.42. The third-order valence-electron chi connectivity index (χ3n) is 2.61. The Morgan fingerprint density at radius 2 is 2.27 bits per heavy atom. The molecule has 1 aliphatic rings. The van der Waals surface area contributed by atoms with Crippen molar-refractivity contribution in [2.75, 3.05) is 13.2 Å². The van der Waals surface area contributed by atoms with Gasteiger partial charge in [0.05, 0.1) is 11.4 Å². The van der Waals surface area contributed by atoms with Crippen LogP contribution in [-0.2, 0) is 19.4 Å². The summed E-state index contributed by atoms with van der Waals surface area (Å²) in [5.41, 5.74) is 5.17. The van der Waals surface area contributed by atoms with Gasteiger partial charge in [-0.15, -0.1) is 0 Å². The Morgan fingerprint density at radius 3 is 2.60 bits per heavy atom. The maximum Gasteiger partial charge on any atom is 0.323 e. The van der Waals surface area contributed by atoms with Crippen LogP contribution in [-0.4, -0.2) is 49.2 Å². The number of carboxylic acid groups (broad SMARTS) is 1. The summed E-state index contributed by atoms with van der Waals surface area (Å²) in [5.74, 6) is -1.39. The molecule has 0 bridgehead atoms. The summed E-state index contributed by atoms with van der Waals surface area (Å²) in [6.07, 6.45) is -0.115. The van der Waals surface area contributed by atoms with Crippen molar-refractivity contribution in [2.45, 2.75) is 29.9 Å². The maximum atomic E-state index is 11.9. The third kappa shape index (κ3) is 2.30. The van der Waals surface area contributed by atoms with Crippen LogP contribution in [0.1, 0.15) is 13.3 Å². The highest BCUT2D eigenvalue weighted by molar-refractivity contribution is 7.93. The van der Waals surface area contributed by atoms with Crippen molar-refractivity contribution in [3.63, 3.8) is 0 Å². The molecular weight excluding hydrogens is 222 g/mol. The van der Waals surface area contributed by atoms with Gasteiger partial charge in [0.25, 0.3) is 0 Å². The predicted molar refractivity (Wildman–Crippen MR) is 53.2 cm³/mol. The van der Waals surface area contributed by atoms with E-state index in [4.69, 9.17) is 15.6 Å². The topological polar surface area (TPSA) is 107 Å². The zero-order valence-corrected chi connectivity index (χ0v) is 9.24. The first-order valence-electron chi connectivity index (χ1n) is 4.68. The van der Waals surface area contributed by atoms with Crippen LogP contribution >= 0.6 is 0 Å². The van der Waals surface area contributed by atoms with Gasteiger partial charge in [-0.05, 0) is 13.3 Å². The molecule has 1 heterocycles. The summed E-state index contributed by atoms with van der Waals surface area (Å²) in [7, 11) is -3.75. The molecule has 1 aliphatic heterocycles. The molecule has 1 saturated heterocycles. The summed E-state index contributed by atoms with van der Waals surface area (Å²) >= 11 is 0. The van der Waals surface area contributed by atoms with Gasteiger partial charge in [0.2, 0.25) is 0 Å². The first-order chi connectivity index (χ1) is 6.91. The lowest BCUT2D eigenvalue weighted by Crippen LogP contribution is -2.44. The number of ether oxygens (including phenoxy) is 1. The number of carbonyl (C=O) groups is 1. The minimum atomic E-state index is -3.75. The Morgan fingerprint density at radius 1 is 1.67 bits per heavy atom. The van der Waals surface area contributed by atoms with Crippen LogP contribution in [0.3, 0.4) is 0 Å². The van der Waals surface area contributed by atoms with Crippen LogP contribution < -0.4 is 5.73 Å². The van der Waals surface area contributed by atoms with E-state index in [0.29, 0.717) is 13.0 Å². The van der Waals surface area contributed by atoms with Crippen LogP contribution in [0.4, 0.5) is 0 Å². The molecule has 0 aromatic rings. The van der Waals surface area contributed by atoms with Crippen molar-refractivity contribution in [1.82, 2.24) is 0 Å². The average molecular weight is 237 g/mol. The molecule has 88 valence electrons. The van der Waals surface area contributed by atoms with Gasteiger partial charge < -0.3 is 15.6 Å². The molecule has 15 heavy (non-hydrogen) atoms. The van der Waals surface area contributed by atoms with E-state index in [9.17, 15) is 13.2 Å². The molecular formula is C8H15NO5S.